The molecule has 1 aliphatic rings. The average Bonchev–Trinajstić information content (AvgIpc) is 2.28. The lowest BCUT2D eigenvalue weighted by atomic mass is 9.80. The number of hydrogen-bond donors (Lipinski definition) is 2. The Morgan fingerprint density at radius 2 is 2.24 bits per heavy atom. The van der Waals surface area contributed by atoms with Crippen LogP contribution in [0.15, 0.2) is 24.5 Å². The highest BCUT2D eigenvalue weighted by atomic mass is 14.9. The van der Waals surface area contributed by atoms with E-state index in [1.54, 1.807) is 0 Å². The largest absolute Gasteiger partial charge is 0.328 e. The number of nitrogens with two attached hydrogens (primary N) is 1. The highest BCUT2D eigenvalue weighted by molar-refractivity contribution is 5.19. The summed E-state index contributed by atoms with van der Waals surface area (Å²) < 4.78 is 0. The van der Waals surface area contributed by atoms with Crippen LogP contribution in [0.1, 0.15) is 32.3 Å². The molecule has 3 heteroatoms. The average molecular weight is 233 g/mol. The highest BCUT2D eigenvalue weighted by Crippen LogP contribution is 2.25. The van der Waals surface area contributed by atoms with E-state index < -0.39 is 0 Å². The summed E-state index contributed by atoms with van der Waals surface area (Å²) >= 11 is 0. The molecule has 1 aliphatic carbocycles. The van der Waals surface area contributed by atoms with Gasteiger partial charge in [-0.2, -0.15) is 0 Å². The van der Waals surface area contributed by atoms with E-state index >= 15 is 0 Å². The molecule has 17 heavy (non-hydrogen) atoms. The highest BCUT2D eigenvalue weighted by Gasteiger charge is 2.26. The molecule has 1 saturated carbocycles. The normalized spacial score (nSPS) is 24.4. The third kappa shape index (κ3) is 3.27. The molecule has 0 amide bonds. The van der Waals surface area contributed by atoms with Gasteiger partial charge in [0.1, 0.15) is 0 Å². The van der Waals surface area contributed by atoms with Gasteiger partial charge in [0.25, 0.3) is 0 Å². The fourth-order valence-corrected chi connectivity index (χ4v) is 2.41. The zero-order valence-corrected chi connectivity index (χ0v) is 10.8. The minimum absolute atomic E-state index is 0.139. The second-order valence-corrected chi connectivity index (χ2v) is 5.85. The van der Waals surface area contributed by atoms with Crippen molar-refractivity contribution in [2.75, 3.05) is 13.1 Å². The summed E-state index contributed by atoms with van der Waals surface area (Å²) in [7, 11) is 0. The van der Waals surface area contributed by atoms with Gasteiger partial charge in [-0.25, -0.2) is 0 Å². The SMILES string of the molecule is CC(C)(CNCC1CC(N)C1)c1cccnc1. The van der Waals surface area contributed by atoms with Crippen LogP contribution in [0.3, 0.4) is 0 Å². The molecule has 0 unspecified atom stereocenters. The smallest absolute Gasteiger partial charge is 0.0305 e. The molecular weight excluding hydrogens is 210 g/mol. The molecule has 0 atom stereocenters. The molecule has 0 aromatic carbocycles. The van der Waals surface area contributed by atoms with E-state index in [-0.39, 0.29) is 5.41 Å². The maximum Gasteiger partial charge on any atom is 0.0305 e. The summed E-state index contributed by atoms with van der Waals surface area (Å²) in [6.07, 6.45) is 6.14. The molecule has 3 N–H and O–H groups in total. The Bertz CT molecular complexity index is 342. The summed E-state index contributed by atoms with van der Waals surface area (Å²) in [5.74, 6) is 0.787. The van der Waals surface area contributed by atoms with E-state index in [1.807, 2.05) is 18.5 Å². The molecular formula is C14H23N3. The standard InChI is InChI=1S/C14H23N3/c1-14(2,12-4-3-5-16-9-12)10-17-8-11-6-13(15)7-11/h3-5,9,11,13,17H,6-8,10,15H2,1-2H3. The van der Waals surface area contributed by atoms with E-state index in [2.05, 4.69) is 30.2 Å². The Morgan fingerprint density at radius 3 is 2.82 bits per heavy atom. The van der Waals surface area contributed by atoms with E-state index in [1.165, 1.54) is 18.4 Å². The molecule has 1 aromatic rings. The summed E-state index contributed by atoms with van der Waals surface area (Å²) in [6, 6.07) is 4.60. The number of rotatable bonds is 5. The van der Waals surface area contributed by atoms with Crippen molar-refractivity contribution < 1.29 is 0 Å². The quantitative estimate of drug-likeness (QED) is 0.813. The Labute approximate surface area is 104 Å². The summed E-state index contributed by atoms with van der Waals surface area (Å²) in [5, 5.41) is 3.56. The molecule has 3 nitrogen and oxygen atoms in total. The lowest BCUT2D eigenvalue weighted by Crippen LogP contribution is -2.43. The van der Waals surface area contributed by atoms with Crippen LogP contribution in [0.2, 0.25) is 0 Å². The fraction of sp³-hybridized carbons (Fsp3) is 0.643. The summed E-state index contributed by atoms with van der Waals surface area (Å²) in [5.41, 5.74) is 7.21. The van der Waals surface area contributed by atoms with Gasteiger partial charge in [0, 0.05) is 30.4 Å². The van der Waals surface area contributed by atoms with Crippen molar-refractivity contribution in [1.82, 2.24) is 10.3 Å². The first-order valence-corrected chi connectivity index (χ1v) is 6.45. The molecule has 1 heterocycles. The van der Waals surface area contributed by atoms with Gasteiger partial charge < -0.3 is 11.1 Å². The summed E-state index contributed by atoms with van der Waals surface area (Å²) in [6.45, 7) is 6.59. The minimum atomic E-state index is 0.139. The molecule has 0 bridgehead atoms. The van der Waals surface area contributed by atoms with Gasteiger partial charge >= 0.3 is 0 Å². The number of pyridine rings is 1. The molecule has 0 radical (unpaired) electrons. The van der Waals surface area contributed by atoms with Crippen LogP contribution in [0.5, 0.6) is 0 Å². The molecule has 2 rings (SSSR count). The molecule has 0 aliphatic heterocycles. The van der Waals surface area contributed by atoms with Gasteiger partial charge in [-0.3, -0.25) is 4.98 Å². The van der Waals surface area contributed by atoms with E-state index in [4.69, 9.17) is 5.73 Å². The number of nitrogens with one attached hydrogen (secondary N) is 1. The van der Waals surface area contributed by atoms with Crippen LogP contribution >= 0.6 is 0 Å². The number of hydrogen-bond acceptors (Lipinski definition) is 3. The molecule has 1 aromatic heterocycles. The lowest BCUT2D eigenvalue weighted by molar-refractivity contribution is 0.251. The van der Waals surface area contributed by atoms with Gasteiger partial charge in [-0.1, -0.05) is 19.9 Å². The third-order valence-electron chi connectivity index (χ3n) is 3.72. The molecule has 0 spiro atoms. The third-order valence-corrected chi connectivity index (χ3v) is 3.72. The maximum absolute atomic E-state index is 5.78. The van der Waals surface area contributed by atoms with Crippen molar-refractivity contribution in [1.29, 1.82) is 0 Å². The second-order valence-electron chi connectivity index (χ2n) is 5.85. The molecule has 94 valence electrons. The molecule has 0 saturated heterocycles. The van der Waals surface area contributed by atoms with Gasteiger partial charge in [0.05, 0.1) is 0 Å². The van der Waals surface area contributed by atoms with E-state index in [0.29, 0.717) is 6.04 Å². The van der Waals surface area contributed by atoms with Gasteiger partial charge in [0.15, 0.2) is 0 Å². The van der Waals surface area contributed by atoms with Crippen molar-refractivity contribution in [2.45, 2.75) is 38.1 Å². The predicted molar refractivity (Wildman–Crippen MR) is 70.8 cm³/mol. The van der Waals surface area contributed by atoms with Crippen LogP contribution in [0.25, 0.3) is 0 Å². The second kappa shape index (κ2) is 5.15. The number of aromatic nitrogens is 1. The zero-order chi connectivity index (χ0) is 12.3. The lowest BCUT2D eigenvalue weighted by Gasteiger charge is -2.34. The Hall–Kier alpha value is -0.930. The molecule has 1 fully saturated rings. The minimum Gasteiger partial charge on any atom is -0.328 e. The van der Waals surface area contributed by atoms with Crippen LogP contribution in [-0.4, -0.2) is 24.1 Å². The first-order valence-electron chi connectivity index (χ1n) is 6.45. The maximum atomic E-state index is 5.78. The van der Waals surface area contributed by atoms with Gasteiger partial charge in [-0.05, 0) is 36.9 Å². The number of nitrogens with zero attached hydrogens (tertiary/aromatic N) is 1. The van der Waals surface area contributed by atoms with E-state index in [0.717, 1.165) is 19.0 Å². The van der Waals surface area contributed by atoms with Crippen LogP contribution in [0, 0.1) is 5.92 Å². The van der Waals surface area contributed by atoms with Crippen molar-refractivity contribution in [3.8, 4) is 0 Å². The van der Waals surface area contributed by atoms with Crippen LogP contribution in [-0.2, 0) is 5.41 Å². The Balaban J connectivity index is 1.77. The zero-order valence-electron chi connectivity index (χ0n) is 10.8. The fourth-order valence-electron chi connectivity index (χ4n) is 2.41. The van der Waals surface area contributed by atoms with Crippen LogP contribution in [0.4, 0.5) is 0 Å². The predicted octanol–water partition coefficient (Wildman–Crippen LogP) is 1.69. The first-order chi connectivity index (χ1) is 8.08. The summed E-state index contributed by atoms with van der Waals surface area (Å²) in [4.78, 5) is 4.19. The van der Waals surface area contributed by atoms with Crippen LogP contribution < -0.4 is 11.1 Å². The van der Waals surface area contributed by atoms with Crippen molar-refractivity contribution >= 4 is 0 Å². The van der Waals surface area contributed by atoms with Gasteiger partial charge in [-0.15, -0.1) is 0 Å². The van der Waals surface area contributed by atoms with Crippen molar-refractivity contribution in [3.63, 3.8) is 0 Å². The van der Waals surface area contributed by atoms with Gasteiger partial charge in [0.2, 0.25) is 0 Å². The topological polar surface area (TPSA) is 50.9 Å². The Kier molecular flexibility index (Phi) is 3.79. The van der Waals surface area contributed by atoms with E-state index in [9.17, 15) is 0 Å². The monoisotopic (exact) mass is 233 g/mol. The van der Waals surface area contributed by atoms with Crippen molar-refractivity contribution in [2.24, 2.45) is 11.7 Å². The Morgan fingerprint density at radius 1 is 1.47 bits per heavy atom. The first kappa shape index (κ1) is 12.5. The van der Waals surface area contributed by atoms with Crippen molar-refractivity contribution in [3.05, 3.63) is 30.1 Å².